The van der Waals surface area contributed by atoms with Crippen molar-refractivity contribution in [2.75, 3.05) is 0 Å². The van der Waals surface area contributed by atoms with E-state index in [0.29, 0.717) is 22.8 Å². The molecule has 0 atom stereocenters. The number of para-hydroxylation sites is 1. The van der Waals surface area contributed by atoms with Gasteiger partial charge >= 0.3 is 0 Å². The Bertz CT molecular complexity index is 669. The molecule has 0 fully saturated rings. The van der Waals surface area contributed by atoms with Gasteiger partial charge in [0.1, 0.15) is 18.2 Å². The van der Waals surface area contributed by atoms with Crippen LogP contribution in [0.4, 0.5) is 4.39 Å². The van der Waals surface area contributed by atoms with Crippen LogP contribution in [0.5, 0.6) is 5.75 Å². The van der Waals surface area contributed by atoms with E-state index < -0.39 is 5.82 Å². The zero-order valence-corrected chi connectivity index (χ0v) is 12.7. The van der Waals surface area contributed by atoms with Gasteiger partial charge in [-0.1, -0.05) is 12.1 Å². The number of hydrogen-bond acceptors (Lipinski definition) is 2. The highest BCUT2D eigenvalue weighted by molar-refractivity contribution is 9.10. The second-order valence-corrected chi connectivity index (χ2v) is 5.19. The molecule has 0 bridgehead atoms. The van der Waals surface area contributed by atoms with Crippen LogP contribution in [-0.2, 0) is 12.5 Å². The Kier molecular flexibility index (Phi) is 4.99. The van der Waals surface area contributed by atoms with Crippen molar-refractivity contribution in [3.8, 4) is 11.8 Å². The van der Waals surface area contributed by atoms with E-state index in [1.807, 2.05) is 24.3 Å². The monoisotopic (exact) mass is 353 g/mol. The average molecular weight is 355 g/mol. The first-order valence-electron chi connectivity index (χ1n) is 5.80. The van der Waals surface area contributed by atoms with Gasteiger partial charge in [-0.25, -0.2) is 4.39 Å². The standard InChI is InChI=1S/C15H10BrClFNO/c16-13-3-1-2-11(7-17)15(13)20-9-12-6-10(8-19)4-5-14(12)18/h1-6H,7,9H2. The summed E-state index contributed by atoms with van der Waals surface area (Å²) in [4.78, 5) is 0. The van der Waals surface area contributed by atoms with Gasteiger partial charge < -0.3 is 4.74 Å². The third-order valence-electron chi connectivity index (χ3n) is 2.74. The third kappa shape index (κ3) is 3.30. The molecule has 2 aromatic carbocycles. The molecule has 0 saturated carbocycles. The minimum Gasteiger partial charge on any atom is -0.487 e. The van der Waals surface area contributed by atoms with Crippen LogP contribution in [0.3, 0.4) is 0 Å². The number of rotatable bonds is 4. The molecule has 0 aliphatic rings. The van der Waals surface area contributed by atoms with E-state index in [9.17, 15) is 4.39 Å². The van der Waals surface area contributed by atoms with E-state index in [2.05, 4.69) is 15.9 Å². The van der Waals surface area contributed by atoms with Gasteiger partial charge in [0.25, 0.3) is 0 Å². The zero-order valence-electron chi connectivity index (χ0n) is 10.4. The molecule has 102 valence electrons. The van der Waals surface area contributed by atoms with Crippen molar-refractivity contribution in [3.05, 3.63) is 63.4 Å². The highest BCUT2D eigenvalue weighted by atomic mass is 79.9. The smallest absolute Gasteiger partial charge is 0.138 e. The molecular weight excluding hydrogens is 345 g/mol. The maximum Gasteiger partial charge on any atom is 0.138 e. The Hall–Kier alpha value is -1.57. The van der Waals surface area contributed by atoms with Gasteiger partial charge in [0, 0.05) is 11.1 Å². The molecule has 2 aromatic rings. The van der Waals surface area contributed by atoms with E-state index in [4.69, 9.17) is 21.6 Å². The van der Waals surface area contributed by atoms with Gasteiger partial charge in [0.15, 0.2) is 0 Å². The minimum atomic E-state index is -0.400. The van der Waals surface area contributed by atoms with Gasteiger partial charge in [-0.05, 0) is 40.2 Å². The van der Waals surface area contributed by atoms with Crippen LogP contribution in [-0.4, -0.2) is 0 Å². The maximum atomic E-state index is 13.7. The van der Waals surface area contributed by atoms with Crippen molar-refractivity contribution >= 4 is 27.5 Å². The van der Waals surface area contributed by atoms with E-state index in [0.717, 1.165) is 10.0 Å². The van der Waals surface area contributed by atoms with Crippen LogP contribution < -0.4 is 4.74 Å². The van der Waals surface area contributed by atoms with E-state index in [1.165, 1.54) is 18.2 Å². The molecule has 2 rings (SSSR count). The largest absolute Gasteiger partial charge is 0.487 e. The van der Waals surface area contributed by atoms with Crippen LogP contribution in [0.25, 0.3) is 0 Å². The topological polar surface area (TPSA) is 33.0 Å². The minimum absolute atomic E-state index is 0.0356. The fourth-order valence-corrected chi connectivity index (χ4v) is 2.46. The molecule has 0 saturated heterocycles. The van der Waals surface area contributed by atoms with Crippen LogP contribution in [0, 0.1) is 17.1 Å². The number of benzene rings is 2. The molecule has 0 N–H and O–H groups in total. The predicted molar refractivity (Wildman–Crippen MR) is 79.1 cm³/mol. The lowest BCUT2D eigenvalue weighted by Crippen LogP contribution is -2.01. The van der Waals surface area contributed by atoms with E-state index >= 15 is 0 Å². The Morgan fingerprint density at radius 3 is 2.75 bits per heavy atom. The predicted octanol–water partition coefficient (Wildman–Crippen LogP) is 4.78. The Morgan fingerprint density at radius 2 is 2.05 bits per heavy atom. The van der Waals surface area contributed by atoms with Crippen molar-refractivity contribution in [2.45, 2.75) is 12.5 Å². The molecular formula is C15H10BrClFNO. The number of nitriles is 1. The molecule has 0 aromatic heterocycles. The molecule has 2 nitrogen and oxygen atoms in total. The summed E-state index contributed by atoms with van der Waals surface area (Å²) in [5.41, 5.74) is 1.55. The Labute approximate surface area is 129 Å². The first-order valence-corrected chi connectivity index (χ1v) is 7.13. The normalized spacial score (nSPS) is 10.1. The molecule has 0 aliphatic carbocycles. The van der Waals surface area contributed by atoms with Crippen molar-refractivity contribution < 1.29 is 9.13 Å². The van der Waals surface area contributed by atoms with Gasteiger partial charge in [-0.15, -0.1) is 11.6 Å². The lowest BCUT2D eigenvalue weighted by molar-refractivity contribution is 0.295. The molecule has 0 spiro atoms. The van der Waals surface area contributed by atoms with Gasteiger partial charge in [-0.2, -0.15) is 5.26 Å². The van der Waals surface area contributed by atoms with Crippen LogP contribution in [0.2, 0.25) is 0 Å². The Morgan fingerprint density at radius 1 is 1.25 bits per heavy atom. The van der Waals surface area contributed by atoms with Crippen molar-refractivity contribution in [3.63, 3.8) is 0 Å². The van der Waals surface area contributed by atoms with Crippen molar-refractivity contribution in [1.82, 2.24) is 0 Å². The second-order valence-electron chi connectivity index (χ2n) is 4.07. The van der Waals surface area contributed by atoms with Crippen LogP contribution >= 0.6 is 27.5 Å². The summed E-state index contributed by atoms with van der Waals surface area (Å²) >= 11 is 9.23. The molecule has 0 heterocycles. The molecule has 0 radical (unpaired) electrons. The zero-order chi connectivity index (χ0) is 14.5. The summed E-state index contributed by atoms with van der Waals surface area (Å²) in [6.45, 7) is 0.0356. The molecule has 20 heavy (non-hydrogen) atoms. The highest BCUT2D eigenvalue weighted by Gasteiger charge is 2.10. The molecule has 5 heteroatoms. The lowest BCUT2D eigenvalue weighted by Gasteiger charge is -2.12. The Balaban J connectivity index is 2.23. The molecule has 0 amide bonds. The summed E-state index contributed by atoms with van der Waals surface area (Å²) < 4.78 is 20.1. The fourth-order valence-electron chi connectivity index (χ4n) is 1.73. The maximum absolute atomic E-state index is 13.7. The number of alkyl halides is 1. The van der Waals surface area contributed by atoms with Gasteiger partial charge in [-0.3, -0.25) is 0 Å². The first kappa shape index (κ1) is 14.8. The summed E-state index contributed by atoms with van der Waals surface area (Å²) in [6.07, 6.45) is 0. The summed E-state index contributed by atoms with van der Waals surface area (Å²) in [5, 5.41) is 8.83. The SMILES string of the molecule is N#Cc1ccc(F)c(COc2c(Br)cccc2CCl)c1. The van der Waals surface area contributed by atoms with Gasteiger partial charge in [0.2, 0.25) is 0 Å². The molecule has 0 aliphatic heterocycles. The fraction of sp³-hybridized carbons (Fsp3) is 0.133. The highest BCUT2D eigenvalue weighted by Crippen LogP contribution is 2.31. The number of halogens is 3. The third-order valence-corrected chi connectivity index (χ3v) is 3.65. The second kappa shape index (κ2) is 6.74. The van der Waals surface area contributed by atoms with E-state index in [-0.39, 0.29) is 6.61 Å². The van der Waals surface area contributed by atoms with Crippen LogP contribution in [0.1, 0.15) is 16.7 Å². The van der Waals surface area contributed by atoms with Gasteiger partial charge in [0.05, 0.1) is 22.0 Å². The van der Waals surface area contributed by atoms with Crippen molar-refractivity contribution in [1.29, 1.82) is 5.26 Å². The number of ether oxygens (including phenoxy) is 1. The quantitative estimate of drug-likeness (QED) is 0.740. The first-order chi connectivity index (χ1) is 9.65. The molecule has 0 unspecified atom stereocenters. The van der Waals surface area contributed by atoms with Crippen LogP contribution in [0.15, 0.2) is 40.9 Å². The summed E-state index contributed by atoms with van der Waals surface area (Å²) in [5.74, 6) is 0.489. The summed E-state index contributed by atoms with van der Waals surface area (Å²) in [6, 6.07) is 11.7. The average Bonchev–Trinajstić information content (AvgIpc) is 2.47. The van der Waals surface area contributed by atoms with E-state index in [1.54, 1.807) is 0 Å². The lowest BCUT2D eigenvalue weighted by atomic mass is 10.1. The summed E-state index contributed by atoms with van der Waals surface area (Å²) in [7, 11) is 0. The van der Waals surface area contributed by atoms with Crippen molar-refractivity contribution in [2.24, 2.45) is 0 Å². The number of hydrogen-bond donors (Lipinski definition) is 0. The number of nitrogens with zero attached hydrogens (tertiary/aromatic N) is 1.